The Labute approximate surface area is 237 Å². The number of aromatic nitrogens is 1. The second kappa shape index (κ2) is 11.0. The van der Waals surface area contributed by atoms with Crippen LogP contribution in [0.4, 0.5) is 5.69 Å². The highest BCUT2D eigenvalue weighted by Crippen LogP contribution is 2.46. The van der Waals surface area contributed by atoms with Crippen LogP contribution in [0.3, 0.4) is 0 Å². The van der Waals surface area contributed by atoms with Gasteiger partial charge in [-0.25, -0.2) is 4.79 Å². The van der Waals surface area contributed by atoms with Crippen LogP contribution < -0.4 is 4.90 Å². The van der Waals surface area contributed by atoms with E-state index in [1.807, 2.05) is 30.3 Å². The Morgan fingerprint density at radius 1 is 0.923 bits per heavy atom. The maximum atomic E-state index is 11.1. The lowest BCUT2D eigenvalue weighted by atomic mass is 10.0. The van der Waals surface area contributed by atoms with Gasteiger partial charge < -0.3 is 19.3 Å². The molecule has 0 unspecified atom stereocenters. The number of rotatable bonds is 8. The van der Waals surface area contributed by atoms with Gasteiger partial charge in [-0.1, -0.05) is 58.7 Å². The van der Waals surface area contributed by atoms with Crippen molar-refractivity contribution in [1.29, 1.82) is 0 Å². The van der Waals surface area contributed by atoms with Gasteiger partial charge in [-0.2, -0.15) is 0 Å². The van der Waals surface area contributed by atoms with Crippen molar-refractivity contribution in [3.05, 3.63) is 93.7 Å². The van der Waals surface area contributed by atoms with E-state index in [4.69, 9.17) is 37.6 Å². The van der Waals surface area contributed by atoms with E-state index in [1.54, 1.807) is 12.1 Å². The van der Waals surface area contributed by atoms with Crippen molar-refractivity contribution in [3.8, 4) is 22.4 Å². The molecule has 6 nitrogen and oxygen atoms in total. The Morgan fingerprint density at radius 2 is 1.54 bits per heavy atom. The summed E-state index contributed by atoms with van der Waals surface area (Å²) in [5.41, 5.74) is 5.86. The molecule has 1 N–H and O–H groups in total. The van der Waals surface area contributed by atoms with Gasteiger partial charge in [-0.05, 0) is 73.2 Å². The van der Waals surface area contributed by atoms with Gasteiger partial charge in [0.1, 0.15) is 11.5 Å². The predicted molar refractivity (Wildman–Crippen MR) is 153 cm³/mol. The van der Waals surface area contributed by atoms with Gasteiger partial charge in [0.05, 0.1) is 28.3 Å². The molecule has 1 saturated heterocycles. The van der Waals surface area contributed by atoms with E-state index in [-0.39, 0.29) is 11.7 Å². The van der Waals surface area contributed by atoms with Crippen molar-refractivity contribution in [2.75, 3.05) is 18.0 Å². The summed E-state index contributed by atoms with van der Waals surface area (Å²) in [5, 5.41) is 14.6. The number of carboxylic acids is 1. The van der Waals surface area contributed by atoms with Gasteiger partial charge in [0.15, 0.2) is 0 Å². The standard InChI is InChI=1S/C31H28Cl2N2O4/c32-26-2-1-3-27(33)28(26)29-25(30(39-34-29)21-6-7-21)18-38-24-14-16-35(17-15-24)23-12-10-20(11-13-23)19-4-8-22(9-5-19)31(36)37/h1-5,8-13,21,24H,6-7,14-18H2,(H,36,37). The van der Waals surface area contributed by atoms with E-state index in [9.17, 15) is 4.79 Å². The maximum Gasteiger partial charge on any atom is 0.335 e. The van der Waals surface area contributed by atoms with E-state index >= 15 is 0 Å². The van der Waals surface area contributed by atoms with E-state index in [0.29, 0.717) is 33.8 Å². The Morgan fingerprint density at radius 3 is 2.13 bits per heavy atom. The zero-order chi connectivity index (χ0) is 26.9. The summed E-state index contributed by atoms with van der Waals surface area (Å²) in [6.07, 6.45) is 4.19. The summed E-state index contributed by atoms with van der Waals surface area (Å²) in [6.45, 7) is 2.23. The monoisotopic (exact) mass is 562 g/mol. The van der Waals surface area contributed by atoms with Crippen LogP contribution in [-0.4, -0.2) is 35.4 Å². The Hall–Kier alpha value is -3.32. The van der Waals surface area contributed by atoms with Gasteiger partial charge in [0, 0.05) is 35.8 Å². The molecule has 2 aliphatic rings. The lowest BCUT2D eigenvalue weighted by Crippen LogP contribution is -2.37. The molecule has 0 amide bonds. The summed E-state index contributed by atoms with van der Waals surface area (Å²) in [6, 6.07) is 20.8. The highest BCUT2D eigenvalue weighted by atomic mass is 35.5. The molecule has 6 rings (SSSR count). The van der Waals surface area contributed by atoms with Crippen LogP contribution in [0.15, 0.2) is 71.3 Å². The Balaban J connectivity index is 1.09. The number of anilines is 1. The first-order valence-corrected chi connectivity index (χ1v) is 14.0. The molecule has 0 spiro atoms. The minimum atomic E-state index is -0.917. The summed E-state index contributed by atoms with van der Waals surface area (Å²) in [4.78, 5) is 13.5. The third-order valence-corrected chi connectivity index (χ3v) is 8.20. The number of piperidine rings is 1. The molecule has 0 bridgehead atoms. The fourth-order valence-corrected chi connectivity index (χ4v) is 5.78. The Kier molecular flexibility index (Phi) is 7.34. The highest BCUT2D eigenvalue weighted by Gasteiger charge is 2.34. The number of halogens is 2. The van der Waals surface area contributed by atoms with E-state index in [2.05, 4.69) is 34.3 Å². The molecule has 1 aliphatic heterocycles. The molecule has 0 atom stereocenters. The van der Waals surface area contributed by atoms with Crippen LogP contribution in [0.2, 0.25) is 10.0 Å². The lowest BCUT2D eigenvalue weighted by Gasteiger charge is -2.33. The van der Waals surface area contributed by atoms with Crippen LogP contribution >= 0.6 is 23.2 Å². The molecule has 39 heavy (non-hydrogen) atoms. The second-order valence-corrected chi connectivity index (χ2v) is 11.0. The van der Waals surface area contributed by atoms with Gasteiger partial charge in [0.2, 0.25) is 0 Å². The van der Waals surface area contributed by atoms with Gasteiger partial charge in [0.25, 0.3) is 0 Å². The largest absolute Gasteiger partial charge is 0.478 e. The zero-order valence-electron chi connectivity index (χ0n) is 21.3. The minimum absolute atomic E-state index is 0.143. The van der Waals surface area contributed by atoms with E-state index in [1.165, 1.54) is 5.69 Å². The smallest absolute Gasteiger partial charge is 0.335 e. The van der Waals surface area contributed by atoms with Crippen molar-refractivity contribution in [2.45, 2.75) is 44.3 Å². The summed E-state index contributed by atoms with van der Waals surface area (Å²) < 4.78 is 12.2. The van der Waals surface area contributed by atoms with Crippen molar-refractivity contribution in [1.82, 2.24) is 5.16 Å². The number of hydrogen-bond donors (Lipinski definition) is 1. The van der Waals surface area contributed by atoms with Crippen LogP contribution in [0, 0.1) is 0 Å². The molecule has 2 fully saturated rings. The molecule has 8 heteroatoms. The molecule has 1 saturated carbocycles. The number of nitrogens with zero attached hydrogens (tertiary/aromatic N) is 2. The molecule has 3 aromatic carbocycles. The predicted octanol–water partition coefficient (Wildman–Crippen LogP) is 8.08. The third-order valence-electron chi connectivity index (χ3n) is 7.57. The fraction of sp³-hybridized carbons (Fsp3) is 0.290. The van der Waals surface area contributed by atoms with Crippen LogP contribution in [0.1, 0.15) is 53.3 Å². The first kappa shape index (κ1) is 25.9. The van der Waals surface area contributed by atoms with Crippen LogP contribution in [0.5, 0.6) is 0 Å². The molecular formula is C31H28Cl2N2O4. The van der Waals surface area contributed by atoms with E-state index in [0.717, 1.165) is 61.2 Å². The molecule has 4 aromatic rings. The lowest BCUT2D eigenvalue weighted by molar-refractivity contribution is 0.0246. The topological polar surface area (TPSA) is 75.8 Å². The summed E-state index contributed by atoms with van der Waals surface area (Å²) >= 11 is 13.0. The zero-order valence-corrected chi connectivity index (χ0v) is 22.8. The fourth-order valence-electron chi connectivity index (χ4n) is 5.20. The number of aromatic carboxylic acids is 1. The minimum Gasteiger partial charge on any atom is -0.478 e. The second-order valence-electron chi connectivity index (χ2n) is 10.2. The Bertz CT molecular complexity index is 1450. The number of carbonyl (C=O) groups is 1. The molecule has 0 radical (unpaired) electrons. The average molecular weight is 563 g/mol. The average Bonchev–Trinajstić information content (AvgIpc) is 3.72. The molecule has 2 heterocycles. The molecular weight excluding hydrogens is 535 g/mol. The van der Waals surface area contributed by atoms with Crippen LogP contribution in [0.25, 0.3) is 22.4 Å². The third kappa shape index (κ3) is 5.55. The summed E-state index contributed by atoms with van der Waals surface area (Å²) in [7, 11) is 0. The normalized spacial score (nSPS) is 16.0. The quantitative estimate of drug-likeness (QED) is 0.234. The molecule has 1 aliphatic carbocycles. The molecule has 200 valence electrons. The van der Waals surface area contributed by atoms with Gasteiger partial charge >= 0.3 is 5.97 Å². The molecule has 1 aromatic heterocycles. The van der Waals surface area contributed by atoms with Crippen molar-refractivity contribution in [2.24, 2.45) is 0 Å². The van der Waals surface area contributed by atoms with Crippen LogP contribution in [-0.2, 0) is 11.3 Å². The number of benzene rings is 3. The van der Waals surface area contributed by atoms with Crippen molar-refractivity contribution < 1.29 is 19.2 Å². The van der Waals surface area contributed by atoms with Gasteiger partial charge in [-0.15, -0.1) is 0 Å². The number of ether oxygens (including phenoxy) is 1. The maximum absolute atomic E-state index is 11.1. The first-order chi connectivity index (χ1) is 19.0. The van der Waals surface area contributed by atoms with Crippen molar-refractivity contribution >= 4 is 34.9 Å². The summed E-state index contributed by atoms with van der Waals surface area (Å²) in [5.74, 6) is 0.377. The van der Waals surface area contributed by atoms with Crippen molar-refractivity contribution in [3.63, 3.8) is 0 Å². The number of carboxylic acid groups (broad SMARTS) is 1. The highest BCUT2D eigenvalue weighted by molar-refractivity contribution is 6.39. The van der Waals surface area contributed by atoms with Gasteiger partial charge in [-0.3, -0.25) is 0 Å². The number of hydrogen-bond acceptors (Lipinski definition) is 5. The van der Waals surface area contributed by atoms with E-state index < -0.39 is 5.97 Å². The SMILES string of the molecule is O=C(O)c1ccc(-c2ccc(N3CCC(OCc4c(-c5c(Cl)cccc5Cl)noc4C4CC4)CC3)cc2)cc1. The first-order valence-electron chi connectivity index (χ1n) is 13.2.